The number of ether oxygens (including phenoxy) is 2. The van der Waals surface area contributed by atoms with Crippen LogP contribution in [0.4, 0.5) is 0 Å². The minimum Gasteiger partial charge on any atom is -0.493 e. The number of hydrogen-bond donors (Lipinski definition) is 3. The van der Waals surface area contributed by atoms with Gasteiger partial charge in [-0.3, -0.25) is 9.79 Å². The van der Waals surface area contributed by atoms with Gasteiger partial charge in [0.2, 0.25) is 0 Å². The van der Waals surface area contributed by atoms with Gasteiger partial charge in [-0.05, 0) is 36.2 Å². The Morgan fingerprint density at radius 2 is 1.55 bits per heavy atom. The molecule has 2 aromatic rings. The quantitative estimate of drug-likeness (QED) is 0.208. The molecule has 7 nitrogen and oxygen atoms in total. The van der Waals surface area contributed by atoms with Crippen LogP contribution in [0.3, 0.4) is 0 Å². The molecule has 0 aliphatic rings. The summed E-state index contributed by atoms with van der Waals surface area (Å²) in [6.07, 6.45) is 0.811. The molecule has 1 amide bonds. The number of methoxy groups -OCH3 is 2. The number of aliphatic imine (C=N–C) groups is 1. The van der Waals surface area contributed by atoms with Crippen molar-refractivity contribution in [3.63, 3.8) is 0 Å². The summed E-state index contributed by atoms with van der Waals surface area (Å²) >= 11 is 0. The van der Waals surface area contributed by atoms with E-state index in [1.54, 1.807) is 33.4 Å². The molecule has 0 saturated heterocycles. The normalized spacial score (nSPS) is 10.5. The summed E-state index contributed by atoms with van der Waals surface area (Å²) in [5.74, 6) is 2.04. The van der Waals surface area contributed by atoms with Gasteiger partial charge in [0.25, 0.3) is 5.91 Å². The van der Waals surface area contributed by atoms with E-state index < -0.39 is 0 Å². The summed E-state index contributed by atoms with van der Waals surface area (Å²) in [7, 11) is 4.97. The lowest BCUT2D eigenvalue weighted by Gasteiger charge is -2.13. The van der Waals surface area contributed by atoms with Gasteiger partial charge in [0.15, 0.2) is 17.5 Å². The Morgan fingerprint density at radius 1 is 0.897 bits per heavy atom. The Hall–Kier alpha value is -2.49. The average Bonchev–Trinajstić information content (AvgIpc) is 2.75. The van der Waals surface area contributed by atoms with Crippen LogP contribution in [0.15, 0.2) is 53.5 Å². The number of amides is 1. The minimum absolute atomic E-state index is 0. The molecule has 2 aromatic carbocycles. The van der Waals surface area contributed by atoms with Crippen molar-refractivity contribution >= 4 is 35.8 Å². The van der Waals surface area contributed by atoms with Crippen LogP contribution in [0, 0.1) is 0 Å². The van der Waals surface area contributed by atoms with E-state index in [0.717, 1.165) is 17.7 Å². The maximum Gasteiger partial charge on any atom is 0.251 e. The number of carbonyl (C=O) groups is 1. The van der Waals surface area contributed by atoms with Gasteiger partial charge >= 0.3 is 0 Å². The highest BCUT2D eigenvalue weighted by molar-refractivity contribution is 14.0. The first-order valence-electron chi connectivity index (χ1n) is 9.16. The second-order valence-electron chi connectivity index (χ2n) is 5.99. The first-order chi connectivity index (χ1) is 13.7. The molecule has 0 fully saturated rings. The van der Waals surface area contributed by atoms with Gasteiger partial charge < -0.3 is 25.4 Å². The van der Waals surface area contributed by atoms with Crippen molar-refractivity contribution in [2.24, 2.45) is 4.99 Å². The zero-order chi connectivity index (χ0) is 20.2. The molecule has 29 heavy (non-hydrogen) atoms. The van der Waals surface area contributed by atoms with Crippen molar-refractivity contribution < 1.29 is 14.3 Å². The lowest BCUT2D eigenvalue weighted by molar-refractivity contribution is 0.0954. The first kappa shape index (κ1) is 24.5. The van der Waals surface area contributed by atoms with Crippen LogP contribution in [0.25, 0.3) is 0 Å². The Morgan fingerprint density at radius 3 is 2.21 bits per heavy atom. The van der Waals surface area contributed by atoms with Gasteiger partial charge in [0.05, 0.1) is 14.2 Å². The summed E-state index contributed by atoms with van der Waals surface area (Å²) in [6.45, 7) is 1.80. The fourth-order valence-electron chi connectivity index (χ4n) is 2.63. The van der Waals surface area contributed by atoms with Crippen LogP contribution in [0.5, 0.6) is 11.5 Å². The molecule has 0 aromatic heterocycles. The summed E-state index contributed by atoms with van der Waals surface area (Å²) in [5, 5.41) is 9.31. The van der Waals surface area contributed by atoms with Crippen LogP contribution in [-0.2, 0) is 6.42 Å². The van der Waals surface area contributed by atoms with E-state index in [-0.39, 0.29) is 29.9 Å². The van der Waals surface area contributed by atoms with Crippen LogP contribution in [0.2, 0.25) is 0 Å². The summed E-state index contributed by atoms with van der Waals surface area (Å²) in [5.41, 5.74) is 1.79. The van der Waals surface area contributed by atoms with E-state index in [2.05, 4.69) is 20.9 Å². The topological polar surface area (TPSA) is 84.0 Å². The molecule has 2 rings (SSSR count). The van der Waals surface area contributed by atoms with Gasteiger partial charge in [0.1, 0.15) is 0 Å². The van der Waals surface area contributed by atoms with E-state index in [9.17, 15) is 4.79 Å². The average molecular weight is 512 g/mol. The summed E-state index contributed by atoms with van der Waals surface area (Å²) in [6, 6.07) is 15.0. The second-order valence-corrected chi connectivity index (χ2v) is 5.99. The molecule has 0 atom stereocenters. The van der Waals surface area contributed by atoms with E-state index in [1.807, 2.05) is 36.4 Å². The van der Waals surface area contributed by atoms with E-state index >= 15 is 0 Å². The van der Waals surface area contributed by atoms with Gasteiger partial charge in [-0.2, -0.15) is 0 Å². The number of benzene rings is 2. The molecular formula is C21H29IN4O3. The maximum absolute atomic E-state index is 12.0. The number of nitrogens with one attached hydrogen (secondary N) is 3. The van der Waals surface area contributed by atoms with E-state index in [1.165, 1.54) is 0 Å². The molecule has 0 aliphatic heterocycles. The van der Waals surface area contributed by atoms with Gasteiger partial charge in [-0.15, -0.1) is 24.0 Å². The van der Waals surface area contributed by atoms with Crippen molar-refractivity contribution in [2.75, 3.05) is 40.9 Å². The first-order valence-corrected chi connectivity index (χ1v) is 9.16. The van der Waals surface area contributed by atoms with Gasteiger partial charge in [-0.25, -0.2) is 0 Å². The van der Waals surface area contributed by atoms with E-state index in [0.29, 0.717) is 36.9 Å². The molecule has 0 saturated carbocycles. The number of carbonyl (C=O) groups excluding carboxylic acids is 1. The number of hydrogen-bond acceptors (Lipinski definition) is 4. The van der Waals surface area contributed by atoms with Crippen molar-refractivity contribution in [1.82, 2.24) is 16.0 Å². The molecule has 0 bridgehead atoms. The largest absolute Gasteiger partial charge is 0.493 e. The molecule has 8 heteroatoms. The number of nitrogens with zero attached hydrogens (tertiary/aromatic N) is 1. The molecule has 0 heterocycles. The second kappa shape index (κ2) is 13.6. The molecule has 0 radical (unpaired) electrons. The SMILES string of the molecule is CN=C(NCCNC(=O)c1ccccc1)NCCc1ccc(OC)c(OC)c1.I. The standard InChI is InChI=1S/C21H28N4O3.HI/c1-22-21(25-14-13-23-20(26)17-7-5-4-6-8-17)24-12-11-16-9-10-18(27-2)19(15-16)28-3;/h4-10,15H,11-14H2,1-3H3,(H,23,26)(H2,22,24,25);1H. The third-order valence-corrected chi connectivity index (χ3v) is 4.12. The Balaban J connectivity index is 0.00000420. The third kappa shape index (κ3) is 8.18. The van der Waals surface area contributed by atoms with Crippen molar-refractivity contribution in [2.45, 2.75) is 6.42 Å². The zero-order valence-electron chi connectivity index (χ0n) is 17.0. The molecule has 0 spiro atoms. The zero-order valence-corrected chi connectivity index (χ0v) is 19.4. The molecular weight excluding hydrogens is 483 g/mol. The van der Waals surface area contributed by atoms with Crippen LogP contribution >= 0.6 is 24.0 Å². The summed E-state index contributed by atoms with van der Waals surface area (Å²) in [4.78, 5) is 16.2. The predicted molar refractivity (Wildman–Crippen MR) is 127 cm³/mol. The smallest absolute Gasteiger partial charge is 0.251 e. The van der Waals surface area contributed by atoms with E-state index in [4.69, 9.17) is 9.47 Å². The monoisotopic (exact) mass is 512 g/mol. The van der Waals surface area contributed by atoms with Crippen LogP contribution < -0.4 is 25.4 Å². The fourth-order valence-corrected chi connectivity index (χ4v) is 2.63. The molecule has 158 valence electrons. The highest BCUT2D eigenvalue weighted by atomic mass is 127. The molecule has 3 N–H and O–H groups in total. The maximum atomic E-state index is 12.0. The van der Waals surface area contributed by atoms with Crippen molar-refractivity contribution in [3.8, 4) is 11.5 Å². The lowest BCUT2D eigenvalue weighted by atomic mass is 10.1. The highest BCUT2D eigenvalue weighted by Gasteiger charge is 2.06. The number of guanidine groups is 1. The summed E-state index contributed by atoms with van der Waals surface area (Å²) < 4.78 is 10.6. The highest BCUT2D eigenvalue weighted by Crippen LogP contribution is 2.27. The Kier molecular flexibility index (Phi) is 11.6. The number of rotatable bonds is 9. The van der Waals surface area contributed by atoms with Gasteiger partial charge in [-0.1, -0.05) is 24.3 Å². The molecule has 0 aliphatic carbocycles. The lowest BCUT2D eigenvalue weighted by Crippen LogP contribution is -2.42. The molecule has 0 unspecified atom stereocenters. The van der Waals surface area contributed by atoms with Gasteiger partial charge in [0, 0.05) is 32.2 Å². The van der Waals surface area contributed by atoms with Crippen LogP contribution in [-0.4, -0.2) is 52.8 Å². The van der Waals surface area contributed by atoms with Crippen molar-refractivity contribution in [1.29, 1.82) is 0 Å². The third-order valence-electron chi connectivity index (χ3n) is 4.12. The minimum atomic E-state index is -0.0844. The Bertz CT molecular complexity index is 785. The van der Waals surface area contributed by atoms with Crippen LogP contribution in [0.1, 0.15) is 15.9 Å². The predicted octanol–water partition coefficient (Wildman–Crippen LogP) is 2.46. The fraction of sp³-hybridized carbons (Fsp3) is 0.333. The number of halogens is 1. The Labute approximate surface area is 189 Å². The van der Waals surface area contributed by atoms with Crippen molar-refractivity contribution in [3.05, 3.63) is 59.7 Å².